The second kappa shape index (κ2) is 15.7. The molecule has 0 saturated heterocycles. The summed E-state index contributed by atoms with van der Waals surface area (Å²) in [7, 11) is -2.80. The fourth-order valence-electron chi connectivity index (χ4n) is 5.37. The van der Waals surface area contributed by atoms with E-state index in [1.54, 1.807) is 0 Å². The highest BCUT2D eigenvalue weighted by molar-refractivity contribution is 6.99. The zero-order valence-corrected chi connectivity index (χ0v) is 26.4. The monoisotopic (exact) mass is 573 g/mol. The van der Waals surface area contributed by atoms with Gasteiger partial charge in [-0.3, -0.25) is 0 Å². The van der Waals surface area contributed by atoms with Gasteiger partial charge >= 0.3 is 6.09 Å². The highest BCUT2D eigenvalue weighted by atomic mass is 28.4. The molecule has 6 heteroatoms. The Hall–Kier alpha value is -3.22. The summed E-state index contributed by atoms with van der Waals surface area (Å²) in [6, 6.07) is 30.6. The maximum Gasteiger partial charge on any atom is 0.410 e. The summed E-state index contributed by atoms with van der Waals surface area (Å²) in [5.74, 6) is 0.424. The Bertz CT molecular complexity index is 1140. The molecule has 0 bridgehead atoms. The van der Waals surface area contributed by atoms with Crippen LogP contribution in [0.3, 0.4) is 0 Å². The highest BCUT2D eigenvalue weighted by Crippen LogP contribution is 2.37. The van der Waals surface area contributed by atoms with Crippen LogP contribution in [0.1, 0.15) is 65.9 Å². The van der Waals surface area contributed by atoms with Crippen molar-refractivity contribution in [2.24, 2.45) is 5.92 Å². The number of rotatable bonds is 15. The number of hydrogen-bond acceptors (Lipinski definition) is 4. The molecule has 0 spiro atoms. The van der Waals surface area contributed by atoms with Crippen molar-refractivity contribution in [2.45, 2.75) is 78.0 Å². The molecule has 0 aliphatic carbocycles. The first-order valence-corrected chi connectivity index (χ1v) is 16.8. The van der Waals surface area contributed by atoms with Crippen molar-refractivity contribution in [1.82, 2.24) is 4.90 Å². The first kappa shape index (κ1) is 32.3. The average Bonchev–Trinajstić information content (AvgIpc) is 2.97. The van der Waals surface area contributed by atoms with E-state index in [2.05, 4.69) is 83.1 Å². The molecule has 41 heavy (non-hydrogen) atoms. The minimum Gasteiger partial charge on any atom is -0.445 e. The minimum absolute atomic E-state index is 0.181. The Morgan fingerprint density at radius 3 is 1.88 bits per heavy atom. The summed E-state index contributed by atoms with van der Waals surface area (Å²) in [4.78, 5) is 26.8. The normalized spacial score (nSPS) is 12.6. The van der Waals surface area contributed by atoms with Crippen LogP contribution in [0.15, 0.2) is 91.0 Å². The first-order chi connectivity index (χ1) is 19.7. The van der Waals surface area contributed by atoms with Gasteiger partial charge in [-0.1, -0.05) is 126 Å². The Morgan fingerprint density at radius 2 is 1.39 bits per heavy atom. The van der Waals surface area contributed by atoms with Gasteiger partial charge in [-0.2, -0.15) is 0 Å². The third-order valence-corrected chi connectivity index (χ3v) is 12.6. The van der Waals surface area contributed by atoms with E-state index in [1.165, 1.54) is 10.4 Å². The number of unbranched alkanes of at least 4 members (excludes halogenated alkanes) is 1. The van der Waals surface area contributed by atoms with Gasteiger partial charge in [0.1, 0.15) is 12.9 Å². The predicted octanol–water partition coefficient (Wildman–Crippen LogP) is 6.99. The van der Waals surface area contributed by atoms with Crippen LogP contribution in [0.25, 0.3) is 0 Å². The molecule has 0 aromatic heterocycles. The molecular formula is C35H47NO4Si. The molecule has 0 heterocycles. The lowest BCUT2D eigenvalue weighted by molar-refractivity contribution is -0.108. The van der Waals surface area contributed by atoms with Crippen molar-refractivity contribution < 1.29 is 18.8 Å². The van der Waals surface area contributed by atoms with Gasteiger partial charge in [0.2, 0.25) is 0 Å². The molecule has 5 nitrogen and oxygen atoms in total. The molecule has 3 aromatic rings. The smallest absolute Gasteiger partial charge is 0.410 e. The van der Waals surface area contributed by atoms with Crippen molar-refractivity contribution in [1.29, 1.82) is 0 Å². The number of amides is 1. The summed E-state index contributed by atoms with van der Waals surface area (Å²) in [6.07, 6.45) is 3.26. The summed E-state index contributed by atoms with van der Waals surface area (Å²) in [5, 5.41) is 2.22. The third-order valence-electron chi connectivity index (χ3n) is 7.60. The van der Waals surface area contributed by atoms with E-state index in [9.17, 15) is 9.59 Å². The first-order valence-electron chi connectivity index (χ1n) is 14.8. The Balaban J connectivity index is 1.98. The Kier molecular flexibility index (Phi) is 12.4. The van der Waals surface area contributed by atoms with E-state index < -0.39 is 8.32 Å². The Labute approximate surface area is 248 Å². The second-order valence-corrected chi connectivity index (χ2v) is 16.4. The molecule has 0 radical (unpaired) electrons. The maximum absolute atomic E-state index is 13.7. The lowest BCUT2D eigenvalue weighted by atomic mass is 10.1. The van der Waals surface area contributed by atoms with E-state index in [1.807, 2.05) is 47.4 Å². The molecule has 0 fully saturated rings. The van der Waals surface area contributed by atoms with Crippen molar-refractivity contribution in [3.63, 3.8) is 0 Å². The lowest BCUT2D eigenvalue weighted by Crippen LogP contribution is -2.67. The van der Waals surface area contributed by atoms with Gasteiger partial charge in [0.05, 0.1) is 12.6 Å². The third kappa shape index (κ3) is 8.88. The van der Waals surface area contributed by atoms with Crippen LogP contribution >= 0.6 is 0 Å². The van der Waals surface area contributed by atoms with Crippen LogP contribution in [0.2, 0.25) is 5.04 Å². The van der Waals surface area contributed by atoms with Gasteiger partial charge in [-0.25, -0.2) is 4.79 Å². The second-order valence-electron chi connectivity index (χ2n) is 12.1. The zero-order valence-electron chi connectivity index (χ0n) is 25.4. The van der Waals surface area contributed by atoms with Crippen molar-refractivity contribution >= 4 is 31.1 Å². The van der Waals surface area contributed by atoms with Crippen LogP contribution in [-0.2, 0) is 20.6 Å². The summed E-state index contributed by atoms with van der Waals surface area (Å²) in [6.45, 7) is 12.2. The van der Waals surface area contributed by atoms with Crippen LogP contribution in [0.4, 0.5) is 4.79 Å². The minimum atomic E-state index is -2.80. The van der Waals surface area contributed by atoms with Crippen molar-refractivity contribution in [2.75, 3.05) is 13.2 Å². The highest BCUT2D eigenvalue weighted by Gasteiger charge is 2.50. The van der Waals surface area contributed by atoms with Gasteiger partial charge in [-0.05, 0) is 46.2 Å². The number of aldehydes is 1. The van der Waals surface area contributed by atoms with Crippen LogP contribution in [-0.4, -0.2) is 44.8 Å². The van der Waals surface area contributed by atoms with Gasteiger partial charge in [-0.15, -0.1) is 0 Å². The topological polar surface area (TPSA) is 55.8 Å². The van der Waals surface area contributed by atoms with E-state index in [0.29, 0.717) is 38.3 Å². The molecule has 1 atom stereocenters. The number of carbonyl (C=O) groups excluding carboxylic acids is 2. The number of nitrogens with zero attached hydrogens (tertiary/aromatic N) is 1. The van der Waals surface area contributed by atoms with Crippen molar-refractivity contribution in [3.8, 4) is 0 Å². The molecule has 0 aliphatic rings. The van der Waals surface area contributed by atoms with E-state index in [0.717, 1.165) is 18.3 Å². The number of hydrogen-bond donors (Lipinski definition) is 0. The summed E-state index contributed by atoms with van der Waals surface area (Å²) >= 11 is 0. The van der Waals surface area contributed by atoms with Crippen LogP contribution in [0.5, 0.6) is 0 Å². The molecule has 0 N–H and O–H groups in total. The van der Waals surface area contributed by atoms with Gasteiger partial charge in [0.15, 0.2) is 0 Å². The lowest BCUT2D eigenvalue weighted by Gasteiger charge is -2.44. The van der Waals surface area contributed by atoms with E-state index >= 15 is 0 Å². The quantitative estimate of drug-likeness (QED) is 0.112. The number of benzene rings is 3. The number of ether oxygens (including phenoxy) is 1. The molecule has 0 saturated carbocycles. The maximum atomic E-state index is 13.7. The molecule has 1 amide bonds. The fraction of sp³-hybridized carbons (Fsp3) is 0.429. The summed E-state index contributed by atoms with van der Waals surface area (Å²) in [5.41, 5.74) is 0.950. The molecule has 3 aromatic carbocycles. The Morgan fingerprint density at radius 1 is 0.854 bits per heavy atom. The summed E-state index contributed by atoms with van der Waals surface area (Å²) < 4.78 is 13.1. The number of carbonyl (C=O) groups is 2. The van der Waals surface area contributed by atoms with Crippen LogP contribution < -0.4 is 10.4 Å². The van der Waals surface area contributed by atoms with Gasteiger partial charge < -0.3 is 18.9 Å². The molecular weight excluding hydrogens is 526 g/mol. The largest absolute Gasteiger partial charge is 0.445 e. The van der Waals surface area contributed by atoms with Crippen LogP contribution in [0, 0.1) is 5.92 Å². The van der Waals surface area contributed by atoms with Gasteiger partial charge in [0.25, 0.3) is 8.32 Å². The van der Waals surface area contributed by atoms with Crippen molar-refractivity contribution in [3.05, 3.63) is 96.6 Å². The standard InChI is InChI=1S/C35H47NO4Si/c1-29(2)24-25-36(34(38)39-27-30-17-9-6-10-18-30)31(19-15-16-26-37)28-40-41(35(3,4)5,32-20-11-7-12-21-32)33-22-13-8-14-23-33/h6-14,17-18,20-23,26,29,31H,15-16,19,24-25,27-28H2,1-5H3/t31-/m0/s1. The van der Waals surface area contributed by atoms with E-state index in [4.69, 9.17) is 9.16 Å². The zero-order chi connectivity index (χ0) is 29.7. The fourth-order valence-corrected chi connectivity index (χ4v) is 9.97. The molecule has 0 aliphatic heterocycles. The SMILES string of the molecule is CC(C)CCN(C(=O)OCc1ccccc1)[C@@H](CCCC=O)CO[Si](c1ccccc1)(c1ccccc1)C(C)(C)C. The predicted molar refractivity (Wildman–Crippen MR) is 170 cm³/mol. The average molecular weight is 574 g/mol. The molecule has 3 rings (SSSR count). The molecule has 0 unspecified atom stereocenters. The molecule has 220 valence electrons. The van der Waals surface area contributed by atoms with Gasteiger partial charge in [0, 0.05) is 13.0 Å². The van der Waals surface area contributed by atoms with E-state index in [-0.39, 0.29) is 23.8 Å².